The molecule has 2 aromatic carbocycles. The lowest BCUT2D eigenvalue weighted by Gasteiger charge is -2.18. The third-order valence-electron chi connectivity index (χ3n) is 3.98. The Kier molecular flexibility index (Phi) is 5.92. The van der Waals surface area contributed by atoms with Crippen molar-refractivity contribution in [2.45, 2.75) is 38.5 Å². The monoisotopic (exact) mass is 376 g/mol. The maximum atomic E-state index is 13.0. The molecule has 3 N–H and O–H groups in total. The summed E-state index contributed by atoms with van der Waals surface area (Å²) >= 11 is 0. The molecule has 0 aliphatic carbocycles. The summed E-state index contributed by atoms with van der Waals surface area (Å²) in [5.74, 6) is -0.281. The van der Waals surface area contributed by atoms with Crippen molar-refractivity contribution in [2.75, 3.05) is 11.3 Å². The van der Waals surface area contributed by atoms with Crippen LogP contribution in [-0.4, -0.2) is 20.9 Å². The average molecular weight is 376 g/mol. The Labute approximate surface area is 154 Å². The maximum Gasteiger partial charge on any atom is 0.265 e. The first-order valence-corrected chi connectivity index (χ1v) is 9.84. The maximum absolute atomic E-state index is 13.0. The lowest BCUT2D eigenvalue weighted by molar-refractivity contribution is 0.100. The van der Waals surface area contributed by atoms with Crippen molar-refractivity contribution in [3.63, 3.8) is 0 Å². The second kappa shape index (κ2) is 7.78. The van der Waals surface area contributed by atoms with Crippen LogP contribution in [0.25, 0.3) is 0 Å². The first-order chi connectivity index (χ1) is 12.2. The molecule has 1 amide bonds. The summed E-state index contributed by atoms with van der Waals surface area (Å²) < 4.78 is 34.0. The molecule has 0 unspecified atom stereocenters. The highest BCUT2D eigenvalue weighted by atomic mass is 32.2. The molecule has 6 nitrogen and oxygen atoms in total. The molecule has 2 aromatic rings. The van der Waals surface area contributed by atoms with Gasteiger partial charge in [-0.1, -0.05) is 26.0 Å². The van der Waals surface area contributed by atoms with E-state index in [1.807, 2.05) is 20.8 Å². The summed E-state index contributed by atoms with van der Waals surface area (Å²) in [6.45, 7) is 8.03. The number of rotatable bonds is 7. The predicted octanol–water partition coefficient (Wildman–Crippen LogP) is 3.42. The zero-order valence-electron chi connectivity index (χ0n) is 15.4. The fourth-order valence-electron chi connectivity index (χ4n) is 2.76. The van der Waals surface area contributed by atoms with E-state index in [9.17, 15) is 13.2 Å². The molecular formula is C19H24N2O4S. The van der Waals surface area contributed by atoms with E-state index in [1.54, 1.807) is 31.2 Å². The van der Waals surface area contributed by atoms with Gasteiger partial charge in [-0.05, 0) is 55.2 Å². The van der Waals surface area contributed by atoms with E-state index in [4.69, 9.17) is 10.5 Å². The highest BCUT2D eigenvalue weighted by Gasteiger charge is 2.24. The molecule has 0 aromatic heterocycles. The number of primary amides is 1. The molecule has 0 spiro atoms. The Morgan fingerprint density at radius 3 is 2.46 bits per heavy atom. The largest absolute Gasteiger partial charge is 0.492 e. The van der Waals surface area contributed by atoms with E-state index in [0.29, 0.717) is 6.61 Å². The Hall–Kier alpha value is -2.54. The second-order valence-corrected chi connectivity index (χ2v) is 7.91. The molecule has 0 heterocycles. The number of para-hydroxylation sites is 1. The van der Waals surface area contributed by atoms with Crippen LogP contribution < -0.4 is 15.2 Å². The van der Waals surface area contributed by atoms with E-state index in [-0.39, 0.29) is 27.8 Å². The van der Waals surface area contributed by atoms with E-state index in [0.717, 1.165) is 11.1 Å². The van der Waals surface area contributed by atoms with Gasteiger partial charge in [0.15, 0.2) is 0 Å². The number of carbonyl (C=O) groups excluding carboxylic acids is 1. The summed E-state index contributed by atoms with van der Waals surface area (Å²) in [4.78, 5) is 11.6. The Morgan fingerprint density at radius 1 is 1.23 bits per heavy atom. The van der Waals surface area contributed by atoms with Crippen LogP contribution >= 0.6 is 0 Å². The molecule has 0 aliphatic heterocycles. The van der Waals surface area contributed by atoms with Gasteiger partial charge in [0, 0.05) is 0 Å². The minimum atomic E-state index is -3.98. The van der Waals surface area contributed by atoms with Gasteiger partial charge >= 0.3 is 0 Å². The molecule has 0 saturated heterocycles. The fraction of sp³-hybridized carbons (Fsp3) is 0.316. The number of ether oxygens (including phenoxy) is 1. The minimum Gasteiger partial charge on any atom is -0.492 e. The van der Waals surface area contributed by atoms with Crippen molar-refractivity contribution in [1.82, 2.24) is 0 Å². The number of carbonyl (C=O) groups is 1. The van der Waals surface area contributed by atoms with Crippen molar-refractivity contribution < 1.29 is 17.9 Å². The van der Waals surface area contributed by atoms with Gasteiger partial charge in [0.25, 0.3) is 15.9 Å². The van der Waals surface area contributed by atoms with Crippen molar-refractivity contribution in [1.29, 1.82) is 0 Å². The highest BCUT2D eigenvalue weighted by molar-refractivity contribution is 7.92. The summed E-state index contributed by atoms with van der Waals surface area (Å²) in [6, 6.07) is 9.57. The Balaban J connectivity index is 2.58. The highest BCUT2D eigenvalue weighted by Crippen LogP contribution is 2.33. The summed E-state index contributed by atoms with van der Waals surface area (Å²) in [7, 11) is -3.98. The zero-order chi connectivity index (χ0) is 19.5. The number of hydrogen-bond donors (Lipinski definition) is 2. The third kappa shape index (κ3) is 4.16. The van der Waals surface area contributed by atoms with Crippen LogP contribution in [0.3, 0.4) is 0 Å². The number of benzene rings is 2. The molecule has 140 valence electrons. The lowest BCUT2D eigenvalue weighted by atomic mass is 9.98. The topological polar surface area (TPSA) is 98.5 Å². The molecule has 0 fully saturated rings. The molecule has 0 radical (unpaired) electrons. The van der Waals surface area contributed by atoms with Crippen LogP contribution in [0, 0.1) is 6.92 Å². The summed E-state index contributed by atoms with van der Waals surface area (Å²) in [5, 5.41) is 0. The molecule has 0 aliphatic rings. The van der Waals surface area contributed by atoms with Crippen molar-refractivity contribution >= 4 is 21.6 Å². The number of anilines is 1. The number of aryl methyl sites for hydroxylation is 1. The Bertz CT molecular complexity index is 921. The number of amides is 1. The Morgan fingerprint density at radius 2 is 1.88 bits per heavy atom. The number of nitrogens with two attached hydrogens (primary N) is 1. The zero-order valence-corrected chi connectivity index (χ0v) is 16.2. The standard InChI is InChI=1S/C19H24N2O4S/c1-5-25-17-10-13(4)15(12(2)3)11-18(17)26(23,24)21-16-9-7-6-8-14(16)19(20)22/h6-12,21H,5H2,1-4H3,(H2,20,22). The first-order valence-electron chi connectivity index (χ1n) is 8.36. The van der Waals surface area contributed by atoms with Gasteiger partial charge in [0.1, 0.15) is 10.6 Å². The van der Waals surface area contributed by atoms with Crippen LogP contribution in [-0.2, 0) is 10.0 Å². The van der Waals surface area contributed by atoms with Crippen molar-refractivity contribution in [3.05, 3.63) is 53.1 Å². The minimum absolute atomic E-state index is 0.0351. The molecule has 7 heteroatoms. The van der Waals surface area contributed by atoms with Gasteiger partial charge in [-0.3, -0.25) is 9.52 Å². The van der Waals surface area contributed by atoms with Crippen LogP contribution in [0.15, 0.2) is 41.3 Å². The molecule has 0 bridgehead atoms. The van der Waals surface area contributed by atoms with Crippen molar-refractivity contribution in [2.24, 2.45) is 5.73 Å². The molecule has 0 atom stereocenters. The van der Waals surface area contributed by atoms with E-state index >= 15 is 0 Å². The number of sulfonamides is 1. The molecule has 2 rings (SSSR count). The van der Waals surface area contributed by atoms with Gasteiger partial charge in [0.05, 0.1) is 17.9 Å². The first kappa shape index (κ1) is 19.8. The lowest BCUT2D eigenvalue weighted by Crippen LogP contribution is -2.19. The van der Waals surface area contributed by atoms with E-state index < -0.39 is 15.9 Å². The summed E-state index contributed by atoms with van der Waals surface area (Å²) in [6.07, 6.45) is 0. The quantitative estimate of drug-likeness (QED) is 0.773. The third-order valence-corrected chi connectivity index (χ3v) is 5.37. The van der Waals surface area contributed by atoms with Crippen molar-refractivity contribution in [3.8, 4) is 5.75 Å². The smallest absolute Gasteiger partial charge is 0.265 e. The number of nitrogens with one attached hydrogen (secondary N) is 1. The van der Waals surface area contributed by atoms with Gasteiger partial charge in [-0.2, -0.15) is 0 Å². The normalized spacial score (nSPS) is 11.4. The van der Waals surface area contributed by atoms with E-state index in [1.165, 1.54) is 12.1 Å². The van der Waals surface area contributed by atoms with Crippen LogP contribution in [0.5, 0.6) is 5.75 Å². The molecule has 0 saturated carbocycles. The van der Waals surface area contributed by atoms with Crippen LogP contribution in [0.1, 0.15) is 48.2 Å². The van der Waals surface area contributed by atoms with E-state index in [2.05, 4.69) is 4.72 Å². The van der Waals surface area contributed by atoms with Gasteiger partial charge in [-0.25, -0.2) is 8.42 Å². The predicted molar refractivity (Wildman–Crippen MR) is 102 cm³/mol. The molecular weight excluding hydrogens is 352 g/mol. The number of hydrogen-bond acceptors (Lipinski definition) is 4. The van der Waals surface area contributed by atoms with Crippen LogP contribution in [0.2, 0.25) is 0 Å². The average Bonchev–Trinajstić information content (AvgIpc) is 2.54. The van der Waals surface area contributed by atoms with Gasteiger partial charge < -0.3 is 10.5 Å². The summed E-state index contributed by atoms with van der Waals surface area (Å²) in [5.41, 5.74) is 7.44. The van der Waals surface area contributed by atoms with Gasteiger partial charge in [-0.15, -0.1) is 0 Å². The second-order valence-electron chi connectivity index (χ2n) is 6.26. The SMILES string of the molecule is CCOc1cc(C)c(C(C)C)cc1S(=O)(=O)Nc1ccccc1C(N)=O. The fourth-order valence-corrected chi connectivity index (χ4v) is 4.01. The molecule has 26 heavy (non-hydrogen) atoms. The van der Waals surface area contributed by atoms with Gasteiger partial charge in [0.2, 0.25) is 0 Å². The van der Waals surface area contributed by atoms with Crippen LogP contribution in [0.4, 0.5) is 5.69 Å².